The Bertz CT molecular complexity index is 197. The van der Waals surface area contributed by atoms with Crippen molar-refractivity contribution in [1.82, 2.24) is 0 Å². The standard InChI is InChI=1S/C13H24O/c1-4-10-13(6-3)11(5-2)8-7-9-12(13)14/h11H,4-10H2,1-3H3. The van der Waals surface area contributed by atoms with E-state index < -0.39 is 0 Å². The molecular formula is C13H24O. The molecule has 2 atom stereocenters. The van der Waals surface area contributed by atoms with Crippen molar-refractivity contribution in [3.63, 3.8) is 0 Å². The normalized spacial score (nSPS) is 33.4. The largest absolute Gasteiger partial charge is 0.299 e. The molecule has 14 heavy (non-hydrogen) atoms. The first-order chi connectivity index (χ1) is 6.71. The fourth-order valence-electron chi connectivity index (χ4n) is 3.31. The first-order valence-electron chi connectivity index (χ1n) is 6.24. The van der Waals surface area contributed by atoms with Gasteiger partial charge in [-0.2, -0.15) is 0 Å². The Balaban J connectivity index is 2.87. The summed E-state index contributed by atoms with van der Waals surface area (Å²) in [5, 5.41) is 0. The van der Waals surface area contributed by atoms with Crippen LogP contribution in [-0.2, 0) is 4.79 Å². The van der Waals surface area contributed by atoms with Gasteiger partial charge in [0.2, 0.25) is 0 Å². The summed E-state index contributed by atoms with van der Waals surface area (Å²) in [7, 11) is 0. The Morgan fingerprint density at radius 3 is 2.57 bits per heavy atom. The number of rotatable bonds is 4. The quantitative estimate of drug-likeness (QED) is 0.665. The van der Waals surface area contributed by atoms with Gasteiger partial charge in [0, 0.05) is 11.8 Å². The van der Waals surface area contributed by atoms with Gasteiger partial charge in [0.25, 0.3) is 0 Å². The van der Waals surface area contributed by atoms with Crippen molar-refractivity contribution in [3.05, 3.63) is 0 Å². The lowest BCUT2D eigenvalue weighted by atomic mass is 9.61. The van der Waals surface area contributed by atoms with E-state index in [1.54, 1.807) is 0 Å². The second-order valence-corrected chi connectivity index (χ2v) is 4.68. The molecule has 1 fully saturated rings. The van der Waals surface area contributed by atoms with Gasteiger partial charge >= 0.3 is 0 Å². The van der Waals surface area contributed by atoms with Gasteiger partial charge in [-0.05, 0) is 31.6 Å². The Labute approximate surface area is 88.3 Å². The highest BCUT2D eigenvalue weighted by atomic mass is 16.1. The molecule has 0 radical (unpaired) electrons. The van der Waals surface area contributed by atoms with E-state index in [1.165, 1.54) is 12.8 Å². The fourth-order valence-corrected chi connectivity index (χ4v) is 3.31. The van der Waals surface area contributed by atoms with Gasteiger partial charge in [0.05, 0.1) is 0 Å². The summed E-state index contributed by atoms with van der Waals surface area (Å²) >= 11 is 0. The van der Waals surface area contributed by atoms with Crippen LogP contribution in [0.3, 0.4) is 0 Å². The molecule has 0 aromatic rings. The predicted octanol–water partition coefficient (Wildman–Crippen LogP) is 3.96. The van der Waals surface area contributed by atoms with E-state index in [-0.39, 0.29) is 5.41 Å². The number of ketones is 1. The van der Waals surface area contributed by atoms with Gasteiger partial charge in [-0.3, -0.25) is 4.79 Å². The van der Waals surface area contributed by atoms with Crippen LogP contribution in [0, 0.1) is 11.3 Å². The topological polar surface area (TPSA) is 17.1 Å². The summed E-state index contributed by atoms with van der Waals surface area (Å²) in [5.41, 5.74) is 0.0573. The first-order valence-corrected chi connectivity index (χ1v) is 6.24. The van der Waals surface area contributed by atoms with Crippen LogP contribution in [0.2, 0.25) is 0 Å². The van der Waals surface area contributed by atoms with Crippen molar-refractivity contribution >= 4 is 5.78 Å². The molecule has 1 heteroatoms. The minimum Gasteiger partial charge on any atom is -0.299 e. The molecule has 0 aliphatic heterocycles. The zero-order valence-electron chi connectivity index (χ0n) is 9.94. The number of Topliss-reactive ketones (excluding diaryl/α,β-unsaturated/α-hetero) is 1. The second-order valence-electron chi connectivity index (χ2n) is 4.68. The van der Waals surface area contributed by atoms with Crippen LogP contribution in [0.5, 0.6) is 0 Å². The average Bonchev–Trinajstić information content (AvgIpc) is 2.21. The first kappa shape index (κ1) is 11.7. The lowest BCUT2D eigenvalue weighted by Crippen LogP contribution is -2.41. The predicted molar refractivity (Wildman–Crippen MR) is 60.3 cm³/mol. The van der Waals surface area contributed by atoms with E-state index in [1.807, 2.05) is 0 Å². The molecule has 1 rings (SSSR count). The molecule has 1 nitrogen and oxygen atoms in total. The zero-order valence-corrected chi connectivity index (χ0v) is 9.94. The van der Waals surface area contributed by atoms with Crippen LogP contribution in [-0.4, -0.2) is 5.78 Å². The van der Waals surface area contributed by atoms with Crippen molar-refractivity contribution in [1.29, 1.82) is 0 Å². The molecule has 1 aliphatic rings. The van der Waals surface area contributed by atoms with Crippen LogP contribution >= 0.6 is 0 Å². The molecular weight excluding hydrogens is 172 g/mol. The summed E-state index contributed by atoms with van der Waals surface area (Å²) in [6, 6.07) is 0. The zero-order chi connectivity index (χ0) is 10.6. The summed E-state index contributed by atoms with van der Waals surface area (Å²) < 4.78 is 0. The van der Waals surface area contributed by atoms with Crippen LogP contribution in [0.25, 0.3) is 0 Å². The third kappa shape index (κ3) is 1.87. The smallest absolute Gasteiger partial charge is 0.139 e. The number of carbonyl (C=O) groups excluding carboxylic acids is 1. The summed E-state index contributed by atoms with van der Waals surface area (Å²) in [6.07, 6.45) is 7.73. The van der Waals surface area contributed by atoms with Crippen LogP contribution < -0.4 is 0 Å². The average molecular weight is 196 g/mol. The van der Waals surface area contributed by atoms with Gasteiger partial charge in [-0.15, -0.1) is 0 Å². The minimum absolute atomic E-state index is 0.0573. The summed E-state index contributed by atoms with van der Waals surface area (Å²) in [6.45, 7) is 6.64. The number of carbonyl (C=O) groups is 1. The molecule has 0 saturated heterocycles. The molecule has 0 aromatic carbocycles. The molecule has 2 unspecified atom stereocenters. The van der Waals surface area contributed by atoms with Crippen molar-refractivity contribution in [3.8, 4) is 0 Å². The van der Waals surface area contributed by atoms with Gasteiger partial charge in [0.15, 0.2) is 0 Å². The summed E-state index contributed by atoms with van der Waals surface area (Å²) in [4.78, 5) is 12.1. The maximum atomic E-state index is 12.1. The van der Waals surface area contributed by atoms with Gasteiger partial charge in [-0.25, -0.2) is 0 Å². The van der Waals surface area contributed by atoms with Gasteiger partial charge in [-0.1, -0.05) is 33.6 Å². The molecule has 1 aliphatic carbocycles. The minimum atomic E-state index is 0.0573. The van der Waals surface area contributed by atoms with Gasteiger partial charge in [0.1, 0.15) is 5.78 Å². The molecule has 0 bridgehead atoms. The molecule has 0 N–H and O–H groups in total. The Kier molecular flexibility index (Phi) is 4.15. The van der Waals surface area contributed by atoms with Crippen molar-refractivity contribution < 1.29 is 4.79 Å². The third-order valence-electron chi connectivity index (χ3n) is 4.11. The van der Waals surface area contributed by atoms with Crippen LogP contribution in [0.4, 0.5) is 0 Å². The van der Waals surface area contributed by atoms with Crippen molar-refractivity contribution in [2.75, 3.05) is 0 Å². The molecule has 1 saturated carbocycles. The van der Waals surface area contributed by atoms with E-state index in [4.69, 9.17) is 0 Å². The van der Waals surface area contributed by atoms with Crippen LogP contribution in [0.1, 0.15) is 65.7 Å². The van der Waals surface area contributed by atoms with Gasteiger partial charge < -0.3 is 0 Å². The highest BCUT2D eigenvalue weighted by Crippen LogP contribution is 2.46. The van der Waals surface area contributed by atoms with Crippen LogP contribution in [0.15, 0.2) is 0 Å². The highest BCUT2D eigenvalue weighted by Gasteiger charge is 2.43. The van der Waals surface area contributed by atoms with E-state index in [0.29, 0.717) is 11.7 Å². The third-order valence-corrected chi connectivity index (χ3v) is 4.11. The molecule has 0 amide bonds. The maximum Gasteiger partial charge on any atom is 0.139 e. The second kappa shape index (κ2) is 4.95. The monoisotopic (exact) mass is 196 g/mol. The molecule has 82 valence electrons. The lowest BCUT2D eigenvalue weighted by molar-refractivity contribution is -0.136. The van der Waals surface area contributed by atoms with E-state index in [9.17, 15) is 4.79 Å². The Hall–Kier alpha value is -0.330. The fraction of sp³-hybridized carbons (Fsp3) is 0.923. The van der Waals surface area contributed by atoms with Crippen molar-refractivity contribution in [2.45, 2.75) is 65.7 Å². The van der Waals surface area contributed by atoms with Crippen molar-refractivity contribution in [2.24, 2.45) is 11.3 Å². The highest BCUT2D eigenvalue weighted by molar-refractivity contribution is 5.85. The number of hydrogen-bond donors (Lipinski definition) is 0. The Morgan fingerprint density at radius 1 is 1.36 bits per heavy atom. The SMILES string of the molecule is CCCC1(CC)C(=O)CCCC1CC. The number of hydrogen-bond acceptors (Lipinski definition) is 1. The van der Waals surface area contributed by atoms with E-state index >= 15 is 0 Å². The lowest BCUT2D eigenvalue weighted by Gasteiger charge is -2.42. The maximum absolute atomic E-state index is 12.1. The Morgan fingerprint density at radius 2 is 2.07 bits per heavy atom. The molecule has 0 spiro atoms. The summed E-state index contributed by atoms with van der Waals surface area (Å²) in [5.74, 6) is 1.22. The molecule has 0 heterocycles. The van der Waals surface area contributed by atoms with E-state index in [0.717, 1.165) is 32.1 Å². The van der Waals surface area contributed by atoms with E-state index in [2.05, 4.69) is 20.8 Å². The molecule has 0 aromatic heterocycles.